The molecule has 27 heavy (non-hydrogen) atoms. The van der Waals surface area contributed by atoms with Gasteiger partial charge in [0.05, 0.1) is 6.61 Å². The van der Waals surface area contributed by atoms with Crippen molar-refractivity contribution in [3.8, 4) is 5.75 Å². The van der Waals surface area contributed by atoms with Crippen LogP contribution in [0.2, 0.25) is 0 Å². The van der Waals surface area contributed by atoms with E-state index in [2.05, 4.69) is 18.9 Å². The molecule has 0 aliphatic carbocycles. The van der Waals surface area contributed by atoms with Crippen molar-refractivity contribution < 1.29 is 18.6 Å². The van der Waals surface area contributed by atoms with Crippen molar-refractivity contribution in [2.24, 2.45) is 0 Å². The molecular weight excluding hydrogens is 363 g/mol. The summed E-state index contributed by atoms with van der Waals surface area (Å²) in [6.45, 7) is 7.89. The molecule has 6 nitrogen and oxygen atoms in total. The molecular formula is C20H35N2O4P. The molecule has 0 saturated carbocycles. The van der Waals surface area contributed by atoms with Gasteiger partial charge >= 0.3 is 13.5 Å². The molecule has 0 spiro atoms. The highest BCUT2D eigenvalue weighted by Gasteiger charge is 2.32. The number of benzene rings is 1. The number of hydrogen-bond donors (Lipinski definition) is 1. The minimum atomic E-state index is -3.36. The van der Waals surface area contributed by atoms with Crippen LogP contribution >= 0.6 is 7.52 Å². The minimum absolute atomic E-state index is 0.183. The predicted molar refractivity (Wildman–Crippen MR) is 110 cm³/mol. The molecule has 1 aromatic carbocycles. The molecule has 0 fully saturated rings. The second-order valence-electron chi connectivity index (χ2n) is 6.99. The second kappa shape index (κ2) is 11.5. The number of carbonyl (C=O) groups excluding carboxylic acids is 1. The summed E-state index contributed by atoms with van der Waals surface area (Å²) in [5.74, 6) is 0.255. The maximum absolute atomic E-state index is 13.6. The first-order chi connectivity index (χ1) is 12.8. The predicted octanol–water partition coefficient (Wildman–Crippen LogP) is 4.22. The van der Waals surface area contributed by atoms with Gasteiger partial charge in [-0.1, -0.05) is 44.9 Å². The zero-order valence-electron chi connectivity index (χ0n) is 17.6. The Hall–Kier alpha value is -1.36. The van der Waals surface area contributed by atoms with E-state index in [9.17, 15) is 9.36 Å². The minimum Gasteiger partial charge on any atom is -0.465 e. The fraction of sp³-hybridized carbons (Fsp3) is 0.650. The van der Waals surface area contributed by atoms with E-state index in [0.717, 1.165) is 36.8 Å². The first kappa shape index (κ1) is 23.7. The van der Waals surface area contributed by atoms with E-state index in [4.69, 9.17) is 9.26 Å². The van der Waals surface area contributed by atoms with Gasteiger partial charge in [-0.15, -0.1) is 0 Å². The fourth-order valence-electron chi connectivity index (χ4n) is 2.92. The summed E-state index contributed by atoms with van der Waals surface area (Å²) >= 11 is 0. The Bertz CT molecular complexity index is 625. The Balaban J connectivity index is 3.22. The van der Waals surface area contributed by atoms with Gasteiger partial charge in [-0.05, 0) is 51.9 Å². The van der Waals surface area contributed by atoms with E-state index in [1.807, 2.05) is 32.3 Å². The monoisotopic (exact) mass is 398 g/mol. The first-order valence-corrected chi connectivity index (χ1v) is 11.6. The number of aryl methyl sites for hydroxylation is 2. The average Bonchev–Trinajstić information content (AvgIpc) is 2.57. The van der Waals surface area contributed by atoms with Crippen molar-refractivity contribution >= 4 is 13.5 Å². The molecule has 0 saturated heterocycles. The topological polar surface area (TPSA) is 67.9 Å². The number of hydrogen-bond acceptors (Lipinski definition) is 5. The van der Waals surface area contributed by atoms with Crippen molar-refractivity contribution in [1.29, 1.82) is 0 Å². The lowest BCUT2D eigenvalue weighted by Crippen LogP contribution is -2.37. The van der Waals surface area contributed by atoms with Gasteiger partial charge in [0.25, 0.3) is 0 Å². The van der Waals surface area contributed by atoms with Crippen LogP contribution in [0.1, 0.15) is 51.7 Å². The van der Waals surface area contributed by atoms with Crippen LogP contribution in [0.3, 0.4) is 0 Å². The lowest BCUT2D eigenvalue weighted by Gasteiger charge is -2.28. The Morgan fingerprint density at radius 2 is 1.70 bits per heavy atom. The van der Waals surface area contributed by atoms with Crippen LogP contribution in [0.4, 0.5) is 0 Å². The van der Waals surface area contributed by atoms with Crippen LogP contribution in [0.25, 0.3) is 0 Å². The summed E-state index contributed by atoms with van der Waals surface area (Å²) in [6, 6.07) is 5.34. The van der Waals surface area contributed by atoms with Crippen LogP contribution in [0.15, 0.2) is 18.2 Å². The highest BCUT2D eigenvalue weighted by atomic mass is 31.2. The van der Waals surface area contributed by atoms with E-state index in [0.29, 0.717) is 5.75 Å². The van der Waals surface area contributed by atoms with Gasteiger partial charge in [0.15, 0.2) is 0 Å². The molecule has 1 rings (SSSR count). The summed E-state index contributed by atoms with van der Waals surface area (Å²) < 4.78 is 24.9. The highest BCUT2D eigenvalue weighted by Crippen LogP contribution is 2.46. The molecule has 0 bridgehead atoms. The highest BCUT2D eigenvalue weighted by molar-refractivity contribution is 7.57. The molecule has 1 unspecified atom stereocenters. The van der Waals surface area contributed by atoms with Gasteiger partial charge in [-0.2, -0.15) is 0 Å². The SMILES string of the molecule is CCCc1cccc(CCC)c1OP(=O)(CN(C)C)N[C@@H](C)C(=O)OCC. The normalized spacial score (nSPS) is 14.6. The average molecular weight is 398 g/mol. The van der Waals surface area contributed by atoms with E-state index in [1.165, 1.54) is 0 Å². The third-order valence-electron chi connectivity index (χ3n) is 3.96. The molecule has 0 aliphatic heterocycles. The summed E-state index contributed by atoms with van der Waals surface area (Å²) in [5.41, 5.74) is 2.10. The number of para-hydroxylation sites is 1. The second-order valence-corrected chi connectivity index (χ2v) is 9.06. The number of carbonyl (C=O) groups is 1. The smallest absolute Gasteiger partial charge is 0.331 e. The lowest BCUT2D eigenvalue weighted by molar-refractivity contribution is -0.144. The standard InChI is InChI=1S/C20H35N2O4P/c1-7-11-17-13-10-14-18(12-8-2)19(17)26-27(24,15-22(5)6)21-16(4)20(23)25-9-3/h10,13-14,16H,7-9,11-12,15H2,1-6H3,(H,21,24)/t16-,27?/m0/s1. The van der Waals surface area contributed by atoms with Gasteiger partial charge in [0.1, 0.15) is 18.1 Å². The van der Waals surface area contributed by atoms with Crippen molar-refractivity contribution in [2.75, 3.05) is 27.0 Å². The van der Waals surface area contributed by atoms with Gasteiger partial charge in [-0.25, -0.2) is 5.09 Å². The number of ether oxygens (including phenoxy) is 1. The van der Waals surface area contributed by atoms with E-state index >= 15 is 0 Å². The third-order valence-corrected chi connectivity index (χ3v) is 6.15. The van der Waals surface area contributed by atoms with E-state index in [1.54, 1.807) is 18.7 Å². The quantitative estimate of drug-likeness (QED) is 0.420. The first-order valence-electron chi connectivity index (χ1n) is 9.74. The van der Waals surface area contributed by atoms with Crippen molar-refractivity contribution in [3.63, 3.8) is 0 Å². The Labute approximate surface area is 164 Å². The van der Waals surface area contributed by atoms with Gasteiger partial charge in [-0.3, -0.25) is 14.3 Å². The number of esters is 1. The number of nitrogens with one attached hydrogen (secondary N) is 1. The number of nitrogens with zero attached hydrogens (tertiary/aromatic N) is 1. The summed E-state index contributed by atoms with van der Waals surface area (Å²) in [6.07, 6.45) is 3.82. The van der Waals surface area contributed by atoms with Gasteiger partial charge in [0.2, 0.25) is 0 Å². The zero-order valence-corrected chi connectivity index (χ0v) is 18.5. The Kier molecular flexibility index (Phi) is 10.1. The van der Waals surface area contributed by atoms with Crippen LogP contribution in [-0.4, -0.2) is 43.9 Å². The molecule has 0 aliphatic rings. The molecule has 2 atom stereocenters. The summed E-state index contributed by atoms with van der Waals surface area (Å²) in [7, 11) is 0.305. The lowest BCUT2D eigenvalue weighted by atomic mass is 10.0. The molecule has 1 aromatic rings. The Morgan fingerprint density at radius 3 is 2.15 bits per heavy atom. The van der Waals surface area contributed by atoms with Crippen LogP contribution in [-0.2, 0) is 26.9 Å². The molecule has 154 valence electrons. The van der Waals surface area contributed by atoms with Gasteiger partial charge < -0.3 is 9.26 Å². The van der Waals surface area contributed by atoms with Crippen molar-refractivity contribution in [1.82, 2.24) is 9.99 Å². The molecule has 1 N–H and O–H groups in total. The van der Waals surface area contributed by atoms with Gasteiger partial charge in [0, 0.05) is 0 Å². The molecule has 7 heteroatoms. The van der Waals surface area contributed by atoms with E-state index < -0.39 is 19.5 Å². The maximum Gasteiger partial charge on any atom is 0.331 e. The van der Waals surface area contributed by atoms with Crippen LogP contribution in [0.5, 0.6) is 5.75 Å². The van der Waals surface area contributed by atoms with Crippen molar-refractivity contribution in [2.45, 2.75) is 59.4 Å². The van der Waals surface area contributed by atoms with E-state index in [-0.39, 0.29) is 12.9 Å². The molecule has 0 aromatic heterocycles. The number of rotatable bonds is 12. The molecule has 0 amide bonds. The maximum atomic E-state index is 13.6. The molecule has 0 heterocycles. The third kappa shape index (κ3) is 7.65. The largest absolute Gasteiger partial charge is 0.465 e. The molecule has 0 radical (unpaired) electrons. The zero-order chi connectivity index (χ0) is 20.4. The fourth-order valence-corrected chi connectivity index (χ4v) is 5.08. The van der Waals surface area contributed by atoms with Crippen molar-refractivity contribution in [3.05, 3.63) is 29.3 Å². The Morgan fingerprint density at radius 1 is 1.15 bits per heavy atom. The summed E-state index contributed by atoms with van der Waals surface area (Å²) in [5, 5.41) is 2.91. The summed E-state index contributed by atoms with van der Waals surface area (Å²) in [4.78, 5) is 13.8. The van der Waals surface area contributed by atoms with Crippen LogP contribution in [0, 0.1) is 0 Å². The van der Waals surface area contributed by atoms with Crippen LogP contribution < -0.4 is 9.61 Å².